The molecule has 438 valence electrons. The summed E-state index contributed by atoms with van der Waals surface area (Å²) in [6, 6.07) is 129. The number of rotatable bonds is 11. The first-order chi connectivity index (χ1) is 44.2. The topological polar surface area (TPSA) is 39.3 Å². The Morgan fingerprint density at radius 1 is 0.202 bits per heavy atom. The van der Waals surface area contributed by atoms with Crippen molar-refractivity contribution in [1.82, 2.24) is 16.0 Å². The van der Waals surface area contributed by atoms with Crippen LogP contribution in [0, 0.1) is 0 Å². The van der Waals surface area contributed by atoms with Gasteiger partial charge in [0.15, 0.2) is 0 Å². The zero-order chi connectivity index (χ0) is 59.0. The molecule has 5 aliphatic heterocycles. The molecule has 18 atom stereocenters. The van der Waals surface area contributed by atoms with Crippen LogP contribution in [0.15, 0.2) is 334 Å². The summed E-state index contributed by atoms with van der Waals surface area (Å²) in [4.78, 5) is 3.03. The Kier molecular flexibility index (Phi) is 15.3. The molecule has 8 bridgehead atoms. The molecule has 5 saturated heterocycles. The van der Waals surface area contributed by atoms with E-state index in [0.29, 0.717) is 0 Å². The smallest absolute Gasteiger partial charge is 0.0522 e. The van der Waals surface area contributed by atoms with Gasteiger partial charge in [-0.15, -0.1) is 0 Å². The third-order valence-electron chi connectivity index (χ3n) is 21.9. The van der Waals surface area contributed by atoms with Crippen molar-refractivity contribution in [3.8, 4) is 0 Å². The number of anilines is 1. The van der Waals surface area contributed by atoms with Gasteiger partial charge in [-0.25, -0.2) is 0 Å². The van der Waals surface area contributed by atoms with Crippen LogP contribution in [0.25, 0.3) is 0 Å². The summed E-state index contributed by atoms with van der Waals surface area (Å²) in [6.45, 7) is 0. The zero-order valence-corrected chi connectivity index (χ0v) is 50.3. The van der Waals surface area contributed by atoms with E-state index in [-0.39, 0.29) is 108 Å². The number of para-hydroxylation sites is 1. The molecule has 0 aromatic heterocycles. The average molecular weight is 1160 g/mol. The first kappa shape index (κ1) is 55.4. The van der Waals surface area contributed by atoms with E-state index < -0.39 is 0 Å². The summed E-state index contributed by atoms with van der Waals surface area (Å²) < 4.78 is 0. The van der Waals surface area contributed by atoms with E-state index in [1.54, 1.807) is 0 Å². The molecule has 5 fully saturated rings. The van der Waals surface area contributed by atoms with Gasteiger partial charge in [-0.2, -0.15) is 0 Å². The number of nitrogens with zero attached hydrogens (tertiary/aromatic N) is 1. The van der Waals surface area contributed by atoms with Crippen LogP contribution in [0.4, 0.5) is 5.69 Å². The van der Waals surface area contributed by atoms with Crippen LogP contribution >= 0.6 is 0 Å². The molecular formula is C85H78N4. The van der Waals surface area contributed by atoms with Crippen LogP contribution in [-0.4, -0.2) is 48.3 Å². The Labute approximate surface area is 526 Å². The highest BCUT2D eigenvalue weighted by molar-refractivity contribution is 5.59. The van der Waals surface area contributed by atoms with Crippen molar-refractivity contribution in [2.75, 3.05) is 4.90 Å². The molecule has 0 spiro atoms. The van der Waals surface area contributed by atoms with E-state index >= 15 is 0 Å². The molecule has 11 aromatic rings. The predicted molar refractivity (Wildman–Crippen MR) is 365 cm³/mol. The number of benzene rings is 11. The number of hydrogen-bond donors (Lipinski definition) is 3. The first-order valence-corrected chi connectivity index (χ1v) is 32.9. The Morgan fingerprint density at radius 3 is 0.764 bits per heavy atom. The Balaban J connectivity index is 1.06. The van der Waals surface area contributed by atoms with E-state index in [1.165, 1.54) is 61.3 Å². The average Bonchev–Trinajstić information content (AvgIpc) is 1.58. The largest absolute Gasteiger partial charge is 0.362 e. The number of nitrogens with one attached hydrogen (secondary N) is 3. The molecule has 0 aliphatic carbocycles. The third kappa shape index (κ3) is 10.2. The second-order valence-corrected chi connectivity index (χ2v) is 26.1. The molecular weight excluding hydrogens is 1080 g/mol. The Morgan fingerprint density at radius 2 is 0.438 bits per heavy atom. The first-order valence-electron chi connectivity index (χ1n) is 32.9. The molecule has 5 heterocycles. The molecule has 4 heteroatoms. The van der Waals surface area contributed by atoms with E-state index in [4.69, 9.17) is 16.0 Å². The fourth-order valence-electron chi connectivity index (χ4n) is 18.7. The fourth-order valence-corrected chi connectivity index (χ4v) is 18.7. The van der Waals surface area contributed by atoms with Crippen LogP contribution in [0.2, 0.25) is 0 Å². The van der Waals surface area contributed by atoms with E-state index in [0.717, 1.165) is 6.42 Å². The summed E-state index contributed by atoms with van der Waals surface area (Å²) in [5.74, 6) is 0.531. The van der Waals surface area contributed by atoms with Crippen molar-refractivity contribution >= 4 is 5.69 Å². The van der Waals surface area contributed by atoms with Crippen molar-refractivity contribution in [2.45, 2.75) is 114 Å². The van der Waals surface area contributed by atoms with Gasteiger partial charge in [0.25, 0.3) is 0 Å². The van der Waals surface area contributed by atoms with Crippen LogP contribution in [0.3, 0.4) is 0 Å². The van der Waals surface area contributed by atoms with Gasteiger partial charge in [0.05, 0.1) is 6.04 Å². The second kappa shape index (κ2) is 24.6. The maximum atomic E-state index is 4.97. The molecule has 89 heavy (non-hydrogen) atoms. The minimum Gasteiger partial charge on any atom is -0.362 e. The quantitative estimate of drug-likeness (QED) is 0.121. The molecule has 18 unspecified atom stereocenters. The molecule has 11 aromatic carbocycles. The van der Waals surface area contributed by atoms with Crippen molar-refractivity contribution in [2.24, 2.45) is 0 Å². The maximum Gasteiger partial charge on any atom is 0.0522 e. The minimum absolute atomic E-state index is 0.00767. The van der Waals surface area contributed by atoms with Gasteiger partial charge in [-0.1, -0.05) is 322 Å². The third-order valence-corrected chi connectivity index (χ3v) is 21.9. The standard InChI is InChI=1S/C85H78N4/c1-12-34-57(35-13-1)68-56-69-84-74(62-44-22-6-23-45-62)75(63-46-24-7-25-47-63)85(89(84)67-54-32-11-33-55-67)78(66-52-30-10-31-53-66)83-73(61-42-20-5-21-43-61)72(60-40-18-4-19-41-60)82(88-83)77(65-50-28-9-29-51-65)81-71(59-38-16-3-17-39-59)70(58-36-14-2-15-37-58)80(87-81)76(79(68)86-69)64-48-26-8-27-49-64/h1-55,68-88H,56H2. The highest BCUT2D eigenvalue weighted by Gasteiger charge is 2.64. The SMILES string of the molecule is c1ccc(C2CC3NC2C(c2ccccc2)C2NC(C(c4ccccc4)C4NC(C(c5ccccc5)C4c4ccccc4)C(c4ccccc4)C4C(c5ccccc5)C(c5ccccc5)C3N4c3ccccc3)C(c3ccccc3)C2c2ccccc2)cc1. The molecule has 0 radical (unpaired) electrons. The molecule has 3 N–H and O–H groups in total. The van der Waals surface area contributed by atoms with Gasteiger partial charge in [-0.05, 0) is 74.2 Å². The van der Waals surface area contributed by atoms with Gasteiger partial charge < -0.3 is 20.9 Å². The van der Waals surface area contributed by atoms with Crippen LogP contribution in [0.5, 0.6) is 0 Å². The summed E-state index contributed by atoms with van der Waals surface area (Å²) >= 11 is 0. The number of fused-ring (bicyclic) bond motifs is 9. The van der Waals surface area contributed by atoms with Crippen LogP contribution < -0.4 is 20.9 Å². The number of hydrogen-bond acceptors (Lipinski definition) is 4. The van der Waals surface area contributed by atoms with Gasteiger partial charge >= 0.3 is 0 Å². The van der Waals surface area contributed by atoms with Gasteiger partial charge in [0, 0.05) is 107 Å². The lowest BCUT2D eigenvalue weighted by molar-refractivity contribution is 0.309. The molecule has 5 aliphatic rings. The zero-order valence-electron chi connectivity index (χ0n) is 50.3. The van der Waals surface area contributed by atoms with Crippen molar-refractivity contribution in [3.05, 3.63) is 389 Å². The van der Waals surface area contributed by atoms with Crippen LogP contribution in [-0.2, 0) is 0 Å². The van der Waals surface area contributed by atoms with Gasteiger partial charge in [0.1, 0.15) is 0 Å². The lowest BCUT2D eigenvalue weighted by Gasteiger charge is -2.44. The fraction of sp³-hybridized carbons (Fsp3) is 0.224. The molecule has 0 amide bonds. The Bertz CT molecular complexity index is 4020. The minimum atomic E-state index is -0.0559. The van der Waals surface area contributed by atoms with E-state index in [1.807, 2.05) is 0 Å². The normalized spacial score (nSPS) is 30.5. The maximum absolute atomic E-state index is 4.97. The molecule has 4 nitrogen and oxygen atoms in total. The monoisotopic (exact) mass is 1150 g/mol. The van der Waals surface area contributed by atoms with Crippen molar-refractivity contribution in [3.63, 3.8) is 0 Å². The van der Waals surface area contributed by atoms with Gasteiger partial charge in [-0.3, -0.25) is 0 Å². The van der Waals surface area contributed by atoms with Crippen LogP contribution in [0.1, 0.15) is 121 Å². The van der Waals surface area contributed by atoms with Gasteiger partial charge in [0.2, 0.25) is 0 Å². The summed E-state index contributed by atoms with van der Waals surface area (Å²) in [5, 5.41) is 14.7. The molecule has 0 saturated carbocycles. The lowest BCUT2D eigenvalue weighted by atomic mass is 9.65. The molecule has 16 rings (SSSR count). The summed E-state index contributed by atoms with van der Waals surface area (Å²) in [6.07, 6.45) is 0.965. The van der Waals surface area contributed by atoms with Crippen molar-refractivity contribution in [1.29, 1.82) is 0 Å². The Hall–Kier alpha value is -8.90. The van der Waals surface area contributed by atoms with Crippen molar-refractivity contribution < 1.29 is 0 Å². The van der Waals surface area contributed by atoms with E-state index in [2.05, 4.69) is 339 Å². The second-order valence-electron chi connectivity index (χ2n) is 26.1. The summed E-state index contributed by atoms with van der Waals surface area (Å²) in [5.41, 5.74) is 15.1. The highest BCUT2D eigenvalue weighted by Crippen LogP contribution is 2.63. The predicted octanol–water partition coefficient (Wildman–Crippen LogP) is 17.5. The summed E-state index contributed by atoms with van der Waals surface area (Å²) in [7, 11) is 0. The highest BCUT2D eigenvalue weighted by atomic mass is 15.3. The lowest BCUT2D eigenvalue weighted by Crippen LogP contribution is -2.54. The van der Waals surface area contributed by atoms with E-state index in [9.17, 15) is 0 Å².